The molecule has 0 amide bonds. The molecule has 0 spiro atoms. The third-order valence-corrected chi connectivity index (χ3v) is 3.51. The summed E-state index contributed by atoms with van der Waals surface area (Å²) in [5.41, 5.74) is 2.87. The molecule has 1 saturated carbocycles. The lowest BCUT2D eigenvalue weighted by Crippen LogP contribution is -2.47. The van der Waals surface area contributed by atoms with Crippen molar-refractivity contribution in [3.63, 3.8) is 0 Å². The van der Waals surface area contributed by atoms with E-state index in [1.807, 2.05) is 4.68 Å². The van der Waals surface area contributed by atoms with Crippen LogP contribution in [0.4, 0.5) is 0 Å². The average molecular weight is 253 g/mol. The van der Waals surface area contributed by atoms with E-state index < -0.39 is 0 Å². The Morgan fingerprint density at radius 2 is 2.28 bits per heavy atom. The second-order valence-electron chi connectivity index (χ2n) is 5.23. The number of nitrogens with zero attached hydrogens (tertiary/aromatic N) is 3. The predicted octanol–water partition coefficient (Wildman–Crippen LogP) is 0.658. The van der Waals surface area contributed by atoms with Crippen LogP contribution in [0.2, 0.25) is 0 Å². The van der Waals surface area contributed by atoms with Crippen molar-refractivity contribution in [3.8, 4) is 0 Å². The zero-order chi connectivity index (χ0) is 13.1. The molecular weight excluding hydrogens is 230 g/mol. The monoisotopic (exact) mass is 253 g/mol. The van der Waals surface area contributed by atoms with Gasteiger partial charge in [-0.25, -0.2) is 9.67 Å². The van der Waals surface area contributed by atoms with Crippen LogP contribution in [0.15, 0.2) is 6.33 Å². The Balaban J connectivity index is 2.06. The van der Waals surface area contributed by atoms with Gasteiger partial charge in [0.15, 0.2) is 0 Å². The summed E-state index contributed by atoms with van der Waals surface area (Å²) < 4.78 is 7.51. The first-order chi connectivity index (χ1) is 8.67. The second kappa shape index (κ2) is 5.77. The average Bonchev–Trinajstić information content (AvgIpc) is 3.06. The molecule has 1 fully saturated rings. The van der Waals surface area contributed by atoms with Gasteiger partial charge in [0.1, 0.15) is 12.2 Å². The molecule has 2 rings (SSSR count). The smallest absolute Gasteiger partial charge is 0.138 e. The number of rotatable bonds is 7. The first kappa shape index (κ1) is 13.5. The van der Waals surface area contributed by atoms with Crippen LogP contribution in [0, 0.1) is 5.92 Å². The minimum absolute atomic E-state index is 0.0872. The summed E-state index contributed by atoms with van der Waals surface area (Å²) >= 11 is 0. The molecule has 3 N–H and O–H groups in total. The summed E-state index contributed by atoms with van der Waals surface area (Å²) in [7, 11) is 1.75. The molecule has 2 atom stereocenters. The molecule has 0 radical (unpaired) electrons. The van der Waals surface area contributed by atoms with Gasteiger partial charge in [-0.3, -0.25) is 11.3 Å². The topological polar surface area (TPSA) is 78.0 Å². The van der Waals surface area contributed by atoms with Crippen LogP contribution in [0.25, 0.3) is 0 Å². The SMILES string of the molecule is COC(C1CC1)C(Cc1ncnn1C(C)C)NN. The van der Waals surface area contributed by atoms with E-state index in [0.717, 1.165) is 12.2 Å². The van der Waals surface area contributed by atoms with Crippen molar-refractivity contribution in [2.75, 3.05) is 7.11 Å². The van der Waals surface area contributed by atoms with Crippen LogP contribution < -0.4 is 11.3 Å². The Hall–Kier alpha value is -0.980. The number of nitrogens with one attached hydrogen (secondary N) is 1. The Morgan fingerprint density at radius 1 is 1.56 bits per heavy atom. The molecular formula is C12H23N5O. The van der Waals surface area contributed by atoms with Gasteiger partial charge >= 0.3 is 0 Å². The summed E-state index contributed by atoms with van der Waals surface area (Å²) in [6, 6.07) is 0.395. The number of nitrogens with two attached hydrogens (primary N) is 1. The van der Waals surface area contributed by atoms with Crippen LogP contribution in [0.5, 0.6) is 0 Å². The third-order valence-electron chi connectivity index (χ3n) is 3.51. The molecule has 0 saturated heterocycles. The highest BCUT2D eigenvalue weighted by Gasteiger charge is 2.37. The molecule has 18 heavy (non-hydrogen) atoms. The van der Waals surface area contributed by atoms with E-state index in [-0.39, 0.29) is 12.1 Å². The molecule has 0 aromatic carbocycles. The van der Waals surface area contributed by atoms with Gasteiger partial charge in [-0.1, -0.05) is 0 Å². The van der Waals surface area contributed by atoms with Gasteiger partial charge in [-0.15, -0.1) is 0 Å². The van der Waals surface area contributed by atoms with Crippen LogP contribution >= 0.6 is 0 Å². The normalized spacial score (nSPS) is 19.2. The highest BCUT2D eigenvalue weighted by Crippen LogP contribution is 2.36. The zero-order valence-electron chi connectivity index (χ0n) is 11.3. The predicted molar refractivity (Wildman–Crippen MR) is 68.7 cm³/mol. The third kappa shape index (κ3) is 2.88. The van der Waals surface area contributed by atoms with E-state index in [2.05, 4.69) is 29.4 Å². The molecule has 1 aliphatic rings. The van der Waals surface area contributed by atoms with Crippen molar-refractivity contribution in [2.45, 2.75) is 51.3 Å². The van der Waals surface area contributed by atoms with Gasteiger partial charge in [-0.2, -0.15) is 5.10 Å². The second-order valence-corrected chi connectivity index (χ2v) is 5.23. The van der Waals surface area contributed by atoms with Gasteiger partial charge in [0, 0.05) is 19.6 Å². The number of hydrogen-bond acceptors (Lipinski definition) is 5. The molecule has 6 heteroatoms. The summed E-state index contributed by atoms with van der Waals surface area (Å²) in [6.45, 7) is 4.19. The molecule has 1 aliphatic carbocycles. The van der Waals surface area contributed by atoms with E-state index in [4.69, 9.17) is 10.6 Å². The fourth-order valence-electron chi connectivity index (χ4n) is 2.43. The van der Waals surface area contributed by atoms with Gasteiger partial charge in [-0.05, 0) is 32.6 Å². The fourth-order valence-corrected chi connectivity index (χ4v) is 2.43. The largest absolute Gasteiger partial charge is 0.379 e. The van der Waals surface area contributed by atoms with Crippen molar-refractivity contribution in [2.24, 2.45) is 11.8 Å². The van der Waals surface area contributed by atoms with E-state index in [9.17, 15) is 0 Å². The highest BCUT2D eigenvalue weighted by atomic mass is 16.5. The lowest BCUT2D eigenvalue weighted by molar-refractivity contribution is 0.0501. The van der Waals surface area contributed by atoms with Crippen molar-refractivity contribution in [3.05, 3.63) is 12.2 Å². The van der Waals surface area contributed by atoms with Crippen LogP contribution in [0.1, 0.15) is 38.6 Å². The molecule has 102 valence electrons. The first-order valence-corrected chi connectivity index (χ1v) is 6.54. The molecule has 0 aliphatic heterocycles. The number of methoxy groups -OCH3 is 1. The lowest BCUT2D eigenvalue weighted by Gasteiger charge is -2.25. The maximum Gasteiger partial charge on any atom is 0.138 e. The maximum absolute atomic E-state index is 5.67. The van der Waals surface area contributed by atoms with Crippen molar-refractivity contribution in [1.82, 2.24) is 20.2 Å². The van der Waals surface area contributed by atoms with Crippen LogP contribution in [0.3, 0.4) is 0 Å². The van der Waals surface area contributed by atoms with Gasteiger partial charge in [0.25, 0.3) is 0 Å². The molecule has 1 aromatic rings. The van der Waals surface area contributed by atoms with Gasteiger partial charge in [0.2, 0.25) is 0 Å². The highest BCUT2D eigenvalue weighted by molar-refractivity contribution is 4.97. The summed E-state index contributed by atoms with van der Waals surface area (Å²) in [6.07, 6.45) is 4.96. The summed E-state index contributed by atoms with van der Waals surface area (Å²) in [5, 5.41) is 4.24. The molecule has 0 bridgehead atoms. The van der Waals surface area contributed by atoms with Gasteiger partial charge < -0.3 is 4.74 Å². The minimum atomic E-state index is 0.0872. The summed E-state index contributed by atoms with van der Waals surface area (Å²) in [5.74, 6) is 7.26. The first-order valence-electron chi connectivity index (χ1n) is 6.54. The number of ether oxygens (including phenoxy) is 1. The van der Waals surface area contributed by atoms with Crippen LogP contribution in [-0.4, -0.2) is 34.0 Å². The van der Waals surface area contributed by atoms with Gasteiger partial charge in [0.05, 0.1) is 12.1 Å². The Morgan fingerprint density at radius 3 is 2.78 bits per heavy atom. The van der Waals surface area contributed by atoms with E-state index in [1.165, 1.54) is 12.8 Å². The molecule has 1 heterocycles. The minimum Gasteiger partial charge on any atom is -0.379 e. The van der Waals surface area contributed by atoms with Crippen molar-refractivity contribution in [1.29, 1.82) is 0 Å². The summed E-state index contributed by atoms with van der Waals surface area (Å²) in [4.78, 5) is 4.32. The molecule has 2 unspecified atom stereocenters. The van der Waals surface area contributed by atoms with E-state index in [1.54, 1.807) is 13.4 Å². The fraction of sp³-hybridized carbons (Fsp3) is 0.833. The number of aromatic nitrogens is 3. The molecule has 6 nitrogen and oxygen atoms in total. The number of hydrogen-bond donors (Lipinski definition) is 2. The Labute approximate surface area is 108 Å². The van der Waals surface area contributed by atoms with Crippen LogP contribution in [-0.2, 0) is 11.2 Å². The quantitative estimate of drug-likeness (QED) is 0.551. The molecule has 1 aromatic heterocycles. The standard InChI is InChI=1S/C12H23N5O/c1-8(2)17-11(14-7-15-17)6-10(16-13)12(18-3)9-4-5-9/h7-10,12,16H,4-6,13H2,1-3H3. The Kier molecular flexibility index (Phi) is 4.31. The van der Waals surface area contributed by atoms with E-state index >= 15 is 0 Å². The number of hydrazine groups is 1. The zero-order valence-corrected chi connectivity index (χ0v) is 11.3. The maximum atomic E-state index is 5.67. The Bertz CT molecular complexity index is 374. The lowest BCUT2D eigenvalue weighted by atomic mass is 10.0. The van der Waals surface area contributed by atoms with Crippen molar-refractivity contribution < 1.29 is 4.74 Å². The van der Waals surface area contributed by atoms with Crippen molar-refractivity contribution >= 4 is 0 Å². The van der Waals surface area contributed by atoms with E-state index in [0.29, 0.717) is 12.0 Å².